The molecule has 2 saturated heterocycles. The van der Waals surface area contributed by atoms with E-state index in [1.165, 1.54) is 23.3 Å². The summed E-state index contributed by atoms with van der Waals surface area (Å²) in [7, 11) is 0. The van der Waals surface area contributed by atoms with E-state index in [4.69, 9.17) is 0 Å². The Labute approximate surface area is 199 Å². The standard InChI is InChI=1S/C26H32N4O2S/c31-24(20-18-33-22-6-2-1-5-19(20)22)29-11-8-26(9-12-29)17-21(26)25(32)30-15-13-28(14-16-30)23-7-3-4-10-27-23/h3-4,7,10,18,21H,1-2,5-6,8-9,11-17H2/t21-/m1/s1. The van der Waals surface area contributed by atoms with Crippen LogP contribution >= 0.6 is 11.3 Å². The molecule has 1 atom stereocenters. The predicted molar refractivity (Wildman–Crippen MR) is 130 cm³/mol. The van der Waals surface area contributed by atoms with Gasteiger partial charge in [0.05, 0.1) is 5.56 Å². The molecule has 2 amide bonds. The van der Waals surface area contributed by atoms with Crippen LogP contribution in [0.15, 0.2) is 29.8 Å². The number of hydrogen-bond acceptors (Lipinski definition) is 5. The number of carbonyl (C=O) groups is 2. The monoisotopic (exact) mass is 464 g/mol. The summed E-state index contributed by atoms with van der Waals surface area (Å²) in [6.45, 7) is 4.82. The van der Waals surface area contributed by atoms with Gasteiger partial charge in [0, 0.05) is 61.6 Å². The van der Waals surface area contributed by atoms with Gasteiger partial charge in [0.1, 0.15) is 5.82 Å². The van der Waals surface area contributed by atoms with E-state index in [0.717, 1.165) is 82.8 Å². The number of amides is 2. The average Bonchev–Trinajstić information content (AvgIpc) is 3.39. The Hall–Kier alpha value is -2.41. The number of hydrogen-bond donors (Lipinski definition) is 0. The predicted octanol–water partition coefficient (Wildman–Crippen LogP) is 3.61. The zero-order valence-electron chi connectivity index (χ0n) is 19.2. The molecule has 2 aromatic heterocycles. The summed E-state index contributed by atoms with van der Waals surface area (Å²) in [5.41, 5.74) is 2.42. The molecule has 1 saturated carbocycles. The summed E-state index contributed by atoms with van der Waals surface area (Å²) >= 11 is 1.77. The number of aromatic nitrogens is 1. The van der Waals surface area contributed by atoms with Crippen molar-refractivity contribution in [3.8, 4) is 0 Å². The number of aryl methyl sites for hydroxylation is 1. The number of piperazine rings is 1. The highest BCUT2D eigenvalue weighted by Gasteiger charge is 2.59. The molecule has 6 rings (SSSR count). The lowest BCUT2D eigenvalue weighted by Crippen LogP contribution is -2.50. The van der Waals surface area contributed by atoms with Crippen molar-refractivity contribution in [2.45, 2.75) is 44.9 Å². The summed E-state index contributed by atoms with van der Waals surface area (Å²) in [4.78, 5) is 38.7. The highest BCUT2D eigenvalue weighted by molar-refractivity contribution is 7.10. The SMILES string of the molecule is O=C(c1csc2c1CCCC2)N1CCC2(CC1)C[C@@H]2C(=O)N1CCN(c2ccccn2)CC1. The third-order valence-corrected chi connectivity index (χ3v) is 9.48. The molecule has 4 heterocycles. The molecule has 4 aliphatic rings. The first kappa shape index (κ1) is 21.1. The van der Waals surface area contributed by atoms with E-state index in [1.807, 2.05) is 29.3 Å². The van der Waals surface area contributed by atoms with Crippen LogP contribution in [0.3, 0.4) is 0 Å². The molecule has 0 radical (unpaired) electrons. The van der Waals surface area contributed by atoms with E-state index in [0.29, 0.717) is 5.91 Å². The summed E-state index contributed by atoms with van der Waals surface area (Å²) in [5.74, 6) is 1.71. The molecular formula is C26H32N4O2S. The Morgan fingerprint density at radius 2 is 1.76 bits per heavy atom. The first-order chi connectivity index (χ1) is 16.1. The lowest BCUT2D eigenvalue weighted by atomic mass is 9.89. The minimum absolute atomic E-state index is 0.139. The van der Waals surface area contributed by atoms with Crippen LogP contribution in [0.25, 0.3) is 0 Å². The van der Waals surface area contributed by atoms with E-state index in [-0.39, 0.29) is 17.2 Å². The fourth-order valence-electron chi connectivity index (χ4n) is 6.17. The van der Waals surface area contributed by atoms with Gasteiger partial charge in [-0.3, -0.25) is 9.59 Å². The van der Waals surface area contributed by atoms with E-state index in [1.54, 1.807) is 11.3 Å². The molecule has 0 N–H and O–H groups in total. The van der Waals surface area contributed by atoms with Crippen LogP contribution in [-0.2, 0) is 17.6 Å². The van der Waals surface area contributed by atoms with Gasteiger partial charge < -0.3 is 14.7 Å². The highest BCUT2D eigenvalue weighted by Crippen LogP contribution is 2.60. The molecule has 6 nitrogen and oxygen atoms in total. The van der Waals surface area contributed by atoms with E-state index < -0.39 is 0 Å². The van der Waals surface area contributed by atoms with Gasteiger partial charge in [-0.25, -0.2) is 4.98 Å². The van der Waals surface area contributed by atoms with Gasteiger partial charge in [-0.15, -0.1) is 11.3 Å². The van der Waals surface area contributed by atoms with Crippen molar-refractivity contribution in [2.24, 2.45) is 11.3 Å². The van der Waals surface area contributed by atoms with Crippen LogP contribution in [0.2, 0.25) is 0 Å². The van der Waals surface area contributed by atoms with Crippen LogP contribution in [0.4, 0.5) is 5.82 Å². The Kier molecular flexibility index (Phi) is 5.40. The molecule has 7 heteroatoms. The lowest BCUT2D eigenvalue weighted by Gasteiger charge is -2.37. The third-order valence-electron chi connectivity index (χ3n) is 8.39. The zero-order valence-corrected chi connectivity index (χ0v) is 20.0. The van der Waals surface area contributed by atoms with Crippen LogP contribution in [0, 0.1) is 11.3 Å². The summed E-state index contributed by atoms with van der Waals surface area (Å²) in [5, 5.41) is 2.09. The number of thiophene rings is 1. The van der Waals surface area contributed by atoms with Crippen LogP contribution < -0.4 is 4.90 Å². The lowest BCUT2D eigenvalue weighted by molar-refractivity contribution is -0.134. The van der Waals surface area contributed by atoms with Gasteiger partial charge in [0.2, 0.25) is 5.91 Å². The van der Waals surface area contributed by atoms with Crippen molar-refractivity contribution in [1.29, 1.82) is 0 Å². The largest absolute Gasteiger partial charge is 0.353 e. The molecule has 0 aromatic carbocycles. The molecule has 3 fully saturated rings. The van der Waals surface area contributed by atoms with Crippen LogP contribution in [-0.4, -0.2) is 65.9 Å². The first-order valence-corrected chi connectivity index (χ1v) is 13.4. The molecular weight excluding hydrogens is 432 g/mol. The smallest absolute Gasteiger partial charge is 0.254 e. The third kappa shape index (κ3) is 3.84. The quantitative estimate of drug-likeness (QED) is 0.696. The van der Waals surface area contributed by atoms with Gasteiger partial charge >= 0.3 is 0 Å². The van der Waals surface area contributed by atoms with E-state index in [9.17, 15) is 9.59 Å². The normalized spacial score (nSPS) is 24.0. The molecule has 174 valence electrons. The minimum Gasteiger partial charge on any atom is -0.353 e. The molecule has 1 spiro atoms. The van der Waals surface area contributed by atoms with Gasteiger partial charge in [0.25, 0.3) is 5.91 Å². The van der Waals surface area contributed by atoms with Gasteiger partial charge in [0.15, 0.2) is 0 Å². The van der Waals surface area contributed by atoms with Crippen molar-refractivity contribution in [1.82, 2.24) is 14.8 Å². The van der Waals surface area contributed by atoms with E-state index in [2.05, 4.69) is 20.2 Å². The summed E-state index contributed by atoms with van der Waals surface area (Å²) in [6.07, 6.45) is 9.41. The number of pyridine rings is 1. The van der Waals surface area contributed by atoms with Crippen molar-refractivity contribution < 1.29 is 9.59 Å². The zero-order chi connectivity index (χ0) is 22.4. The molecule has 0 unspecified atom stereocenters. The number of rotatable bonds is 3. The molecule has 0 bridgehead atoms. The second-order valence-corrected chi connectivity index (χ2v) is 11.1. The number of nitrogens with zero attached hydrogens (tertiary/aromatic N) is 4. The Balaban J connectivity index is 1.03. The maximum atomic E-state index is 13.3. The Morgan fingerprint density at radius 3 is 2.52 bits per heavy atom. The van der Waals surface area contributed by atoms with Crippen LogP contribution in [0.1, 0.15) is 52.9 Å². The first-order valence-electron chi connectivity index (χ1n) is 12.5. The van der Waals surface area contributed by atoms with Gasteiger partial charge in [-0.05, 0) is 68.1 Å². The summed E-state index contributed by atoms with van der Waals surface area (Å²) < 4.78 is 0. The number of piperidine rings is 1. The molecule has 33 heavy (non-hydrogen) atoms. The number of fused-ring (bicyclic) bond motifs is 1. The topological polar surface area (TPSA) is 56.8 Å². The van der Waals surface area contributed by atoms with Gasteiger partial charge in [-0.2, -0.15) is 0 Å². The van der Waals surface area contributed by atoms with E-state index >= 15 is 0 Å². The second-order valence-electron chi connectivity index (χ2n) is 10.2. The minimum atomic E-state index is 0.139. The number of likely N-dealkylation sites (tertiary alicyclic amines) is 1. The maximum absolute atomic E-state index is 13.3. The van der Waals surface area contributed by atoms with Gasteiger partial charge in [-0.1, -0.05) is 6.07 Å². The fourth-order valence-corrected chi connectivity index (χ4v) is 7.28. The molecule has 2 aromatic rings. The number of anilines is 1. The summed E-state index contributed by atoms with van der Waals surface area (Å²) in [6, 6.07) is 5.98. The van der Waals surface area contributed by atoms with Crippen molar-refractivity contribution in [2.75, 3.05) is 44.2 Å². The molecule has 2 aliphatic carbocycles. The second kappa shape index (κ2) is 8.42. The highest BCUT2D eigenvalue weighted by atomic mass is 32.1. The van der Waals surface area contributed by atoms with Crippen molar-refractivity contribution >= 4 is 29.0 Å². The van der Waals surface area contributed by atoms with Crippen LogP contribution in [0.5, 0.6) is 0 Å². The fraction of sp³-hybridized carbons (Fsp3) is 0.577. The van der Waals surface area contributed by atoms with Crippen molar-refractivity contribution in [3.05, 3.63) is 45.8 Å². The average molecular weight is 465 g/mol. The van der Waals surface area contributed by atoms with Crippen molar-refractivity contribution in [3.63, 3.8) is 0 Å². The molecule has 2 aliphatic heterocycles. The number of carbonyl (C=O) groups excluding carboxylic acids is 2. The Morgan fingerprint density at radius 1 is 0.970 bits per heavy atom. The maximum Gasteiger partial charge on any atom is 0.254 e. The Bertz CT molecular complexity index is 1040.